The van der Waals surface area contributed by atoms with E-state index in [0.717, 1.165) is 19.3 Å². The monoisotopic (exact) mass is 306 g/mol. The van der Waals surface area contributed by atoms with Crippen LogP contribution in [0.4, 0.5) is 4.39 Å². The zero-order valence-electron chi connectivity index (χ0n) is 13.8. The van der Waals surface area contributed by atoms with Crippen molar-refractivity contribution in [3.63, 3.8) is 0 Å². The first-order valence-corrected chi connectivity index (χ1v) is 9.05. The quantitative estimate of drug-likeness (QED) is 0.670. The molecule has 3 heteroatoms. The lowest BCUT2D eigenvalue weighted by molar-refractivity contribution is -0.190. The van der Waals surface area contributed by atoms with E-state index in [2.05, 4.69) is 13.8 Å². The second-order valence-corrected chi connectivity index (χ2v) is 8.89. The first-order valence-electron chi connectivity index (χ1n) is 9.05. The van der Waals surface area contributed by atoms with Crippen LogP contribution in [0.2, 0.25) is 0 Å². The third-order valence-electron chi connectivity index (χ3n) is 8.29. The van der Waals surface area contributed by atoms with Crippen molar-refractivity contribution in [3.8, 4) is 0 Å². The molecule has 2 nitrogen and oxygen atoms in total. The number of fused-ring (bicyclic) bond motifs is 5. The Morgan fingerprint density at radius 1 is 0.955 bits per heavy atom. The Labute approximate surface area is 132 Å². The van der Waals surface area contributed by atoms with Gasteiger partial charge in [0.15, 0.2) is 0 Å². The first kappa shape index (κ1) is 14.8. The Morgan fingerprint density at radius 2 is 1.73 bits per heavy atom. The first-order chi connectivity index (χ1) is 10.3. The van der Waals surface area contributed by atoms with Crippen LogP contribution in [0, 0.1) is 28.6 Å². The van der Waals surface area contributed by atoms with E-state index in [0.29, 0.717) is 50.1 Å². The van der Waals surface area contributed by atoms with Gasteiger partial charge in [-0.1, -0.05) is 13.8 Å². The van der Waals surface area contributed by atoms with Gasteiger partial charge in [-0.15, -0.1) is 0 Å². The highest BCUT2D eigenvalue weighted by atomic mass is 19.1. The second-order valence-electron chi connectivity index (χ2n) is 8.89. The number of alkyl halides is 1. The number of halogens is 1. The van der Waals surface area contributed by atoms with Gasteiger partial charge in [0, 0.05) is 30.1 Å². The van der Waals surface area contributed by atoms with Crippen LogP contribution in [0.5, 0.6) is 0 Å². The fraction of sp³-hybridized carbons (Fsp3) is 0.895. The largest absolute Gasteiger partial charge is 0.300 e. The van der Waals surface area contributed by atoms with Gasteiger partial charge >= 0.3 is 0 Å². The van der Waals surface area contributed by atoms with Crippen molar-refractivity contribution in [2.24, 2.45) is 28.6 Å². The van der Waals surface area contributed by atoms with Crippen molar-refractivity contribution in [2.45, 2.75) is 77.3 Å². The molecule has 0 amide bonds. The molecule has 0 N–H and O–H groups in total. The van der Waals surface area contributed by atoms with Crippen LogP contribution in [-0.4, -0.2) is 17.2 Å². The Hall–Kier alpha value is -0.730. The third kappa shape index (κ3) is 1.61. The van der Waals surface area contributed by atoms with E-state index in [1.54, 1.807) is 0 Å². The summed E-state index contributed by atoms with van der Waals surface area (Å²) in [5.74, 6) is 1.17. The van der Waals surface area contributed by atoms with Crippen LogP contribution in [0.3, 0.4) is 0 Å². The summed E-state index contributed by atoms with van der Waals surface area (Å²) in [6, 6.07) is 0. The molecule has 4 aliphatic rings. The van der Waals surface area contributed by atoms with Gasteiger partial charge in [0.2, 0.25) is 0 Å². The maximum Gasteiger partial charge on any atom is 0.139 e. The summed E-state index contributed by atoms with van der Waals surface area (Å²) in [6.45, 7) is 4.20. The van der Waals surface area contributed by atoms with Gasteiger partial charge in [-0.25, -0.2) is 4.39 Å². The fourth-order valence-electron chi connectivity index (χ4n) is 6.71. The van der Waals surface area contributed by atoms with Crippen molar-refractivity contribution >= 4 is 11.6 Å². The molecule has 4 fully saturated rings. The molecule has 0 saturated heterocycles. The Kier molecular flexibility index (Phi) is 2.98. The van der Waals surface area contributed by atoms with Crippen molar-refractivity contribution in [3.05, 3.63) is 0 Å². The van der Waals surface area contributed by atoms with E-state index < -0.39 is 5.67 Å². The lowest BCUT2D eigenvalue weighted by Gasteiger charge is -2.62. The molecule has 0 unspecified atom stereocenters. The highest BCUT2D eigenvalue weighted by Gasteiger charge is 2.68. The van der Waals surface area contributed by atoms with E-state index in [1.807, 2.05) is 0 Å². The normalized spacial score (nSPS) is 54.6. The van der Waals surface area contributed by atoms with Gasteiger partial charge in [-0.2, -0.15) is 0 Å². The van der Waals surface area contributed by atoms with E-state index in [-0.39, 0.29) is 28.6 Å². The van der Waals surface area contributed by atoms with Gasteiger partial charge in [-0.3, -0.25) is 9.59 Å². The molecule has 4 aliphatic carbocycles. The number of carbonyl (C=O) groups is 2. The molecule has 6 atom stereocenters. The summed E-state index contributed by atoms with van der Waals surface area (Å²) in [6.07, 6.45) is 6.44. The van der Waals surface area contributed by atoms with E-state index in [1.165, 1.54) is 0 Å². The van der Waals surface area contributed by atoms with Gasteiger partial charge < -0.3 is 0 Å². The summed E-state index contributed by atoms with van der Waals surface area (Å²) in [7, 11) is 0. The molecule has 4 rings (SSSR count). The summed E-state index contributed by atoms with van der Waals surface area (Å²) in [5.41, 5.74) is -1.78. The average Bonchev–Trinajstić information content (AvgIpc) is 2.77. The summed E-state index contributed by atoms with van der Waals surface area (Å²) < 4.78 is 16.4. The molecule has 0 aromatic heterocycles. The predicted molar refractivity (Wildman–Crippen MR) is 82.1 cm³/mol. The highest BCUT2D eigenvalue weighted by Crippen LogP contribution is 2.68. The van der Waals surface area contributed by atoms with Crippen LogP contribution < -0.4 is 0 Å². The number of rotatable bonds is 0. The van der Waals surface area contributed by atoms with Crippen molar-refractivity contribution < 1.29 is 14.0 Å². The van der Waals surface area contributed by atoms with Gasteiger partial charge in [-0.05, 0) is 56.3 Å². The van der Waals surface area contributed by atoms with Crippen molar-refractivity contribution in [1.29, 1.82) is 0 Å². The zero-order chi connectivity index (χ0) is 15.8. The molecule has 0 bridgehead atoms. The minimum atomic E-state index is -1.16. The Bertz CT molecular complexity index is 544. The molecule has 122 valence electrons. The van der Waals surface area contributed by atoms with Crippen LogP contribution in [-0.2, 0) is 9.59 Å². The number of hydrogen-bond donors (Lipinski definition) is 0. The third-order valence-corrected chi connectivity index (χ3v) is 8.29. The lowest BCUT2D eigenvalue weighted by atomic mass is 9.44. The number of Topliss-reactive ketones (excluding diaryl/α,β-unsaturated/α-hetero) is 2. The summed E-state index contributed by atoms with van der Waals surface area (Å²) >= 11 is 0. The minimum absolute atomic E-state index is 0.0344. The average molecular weight is 306 g/mol. The van der Waals surface area contributed by atoms with Crippen molar-refractivity contribution in [2.75, 3.05) is 0 Å². The zero-order valence-corrected chi connectivity index (χ0v) is 13.8. The molecular weight excluding hydrogens is 279 g/mol. The molecule has 0 aromatic rings. The van der Waals surface area contributed by atoms with E-state index >= 15 is 4.39 Å². The topological polar surface area (TPSA) is 34.1 Å². The smallest absolute Gasteiger partial charge is 0.139 e. The van der Waals surface area contributed by atoms with Crippen LogP contribution >= 0.6 is 0 Å². The number of carbonyl (C=O) groups excluding carboxylic acids is 2. The molecular formula is C19H27FO2. The number of hydrogen-bond acceptors (Lipinski definition) is 2. The highest BCUT2D eigenvalue weighted by molar-refractivity contribution is 5.87. The molecule has 0 heterocycles. The summed E-state index contributed by atoms with van der Waals surface area (Å²) in [5, 5.41) is 0. The maximum atomic E-state index is 16.4. The van der Waals surface area contributed by atoms with Crippen LogP contribution in [0.15, 0.2) is 0 Å². The molecule has 0 spiro atoms. The fourth-order valence-corrected chi connectivity index (χ4v) is 6.71. The molecule has 4 saturated carbocycles. The maximum absolute atomic E-state index is 16.4. The van der Waals surface area contributed by atoms with E-state index in [9.17, 15) is 9.59 Å². The number of ketones is 2. The SMILES string of the molecule is C[C@]12CCC(=O)C[C@@H]1CC[C@H]1[C@@H]3CCC(=O)[C@@]3(C)CC[C@@]12F. The Balaban J connectivity index is 1.72. The molecule has 0 aliphatic heterocycles. The molecule has 22 heavy (non-hydrogen) atoms. The van der Waals surface area contributed by atoms with Gasteiger partial charge in [0.1, 0.15) is 17.2 Å². The predicted octanol–water partition coefficient (Wildman–Crippen LogP) is 4.26. The van der Waals surface area contributed by atoms with Crippen LogP contribution in [0.25, 0.3) is 0 Å². The van der Waals surface area contributed by atoms with Gasteiger partial charge in [0.05, 0.1) is 0 Å². The van der Waals surface area contributed by atoms with Gasteiger partial charge in [0.25, 0.3) is 0 Å². The standard InChI is InChI=1S/C19H27FO2/c1-17-9-10-19(20)15(14(17)5-6-16(17)22)4-3-12-11-13(21)7-8-18(12,19)2/h12,14-15H,3-11H2,1-2H3/t12-,14-,15-,17-,18-,19+/m0/s1. The second kappa shape index (κ2) is 4.42. The van der Waals surface area contributed by atoms with Crippen LogP contribution in [0.1, 0.15) is 71.6 Å². The Morgan fingerprint density at radius 3 is 2.50 bits per heavy atom. The minimum Gasteiger partial charge on any atom is -0.300 e. The molecule has 0 aromatic carbocycles. The lowest BCUT2D eigenvalue weighted by Crippen LogP contribution is -2.63. The molecule has 0 radical (unpaired) electrons. The van der Waals surface area contributed by atoms with E-state index in [4.69, 9.17) is 0 Å². The van der Waals surface area contributed by atoms with Crippen molar-refractivity contribution in [1.82, 2.24) is 0 Å². The summed E-state index contributed by atoms with van der Waals surface area (Å²) in [4.78, 5) is 24.2.